The summed E-state index contributed by atoms with van der Waals surface area (Å²) in [6, 6.07) is 6.15. The van der Waals surface area contributed by atoms with Gasteiger partial charge in [0.25, 0.3) is 0 Å². The second-order valence-corrected chi connectivity index (χ2v) is 5.81. The summed E-state index contributed by atoms with van der Waals surface area (Å²) in [5, 5.41) is 4.28. The van der Waals surface area contributed by atoms with Gasteiger partial charge in [0.15, 0.2) is 0 Å². The number of thioether (sulfide) groups is 1. The van der Waals surface area contributed by atoms with Gasteiger partial charge in [-0.2, -0.15) is 0 Å². The second kappa shape index (κ2) is 5.95. The number of piperazine rings is 1. The monoisotopic (exact) mass is 289 g/mol. The third-order valence-electron chi connectivity index (χ3n) is 3.55. The van der Waals surface area contributed by atoms with Gasteiger partial charge in [-0.3, -0.25) is 4.90 Å². The van der Waals surface area contributed by atoms with Crippen molar-refractivity contribution in [2.45, 2.75) is 11.4 Å². The fourth-order valence-electron chi connectivity index (χ4n) is 2.45. The van der Waals surface area contributed by atoms with Gasteiger partial charge in [0.05, 0.1) is 12.1 Å². The summed E-state index contributed by atoms with van der Waals surface area (Å²) in [4.78, 5) is 12.7. The zero-order valence-corrected chi connectivity index (χ0v) is 12.4. The molecule has 0 unspecified atom stereocenters. The van der Waals surface area contributed by atoms with E-state index in [4.69, 9.17) is 5.73 Å². The number of benzene rings is 1. The minimum Gasteiger partial charge on any atom is -0.383 e. The lowest BCUT2D eigenvalue weighted by atomic mass is 10.2. The van der Waals surface area contributed by atoms with Crippen molar-refractivity contribution in [3.63, 3.8) is 0 Å². The Hall–Kier alpha value is -1.37. The number of aromatic nitrogens is 2. The van der Waals surface area contributed by atoms with Gasteiger partial charge in [-0.25, -0.2) is 9.97 Å². The van der Waals surface area contributed by atoms with Crippen molar-refractivity contribution in [2.24, 2.45) is 0 Å². The van der Waals surface area contributed by atoms with Crippen LogP contribution in [0, 0.1) is 0 Å². The van der Waals surface area contributed by atoms with Gasteiger partial charge < -0.3 is 11.1 Å². The molecule has 1 aliphatic heterocycles. The molecule has 0 saturated carbocycles. The Kier molecular flexibility index (Phi) is 4.05. The molecule has 0 amide bonds. The molecule has 6 heteroatoms. The average Bonchev–Trinajstić information content (AvgIpc) is 2.47. The molecule has 3 rings (SSSR count). The van der Waals surface area contributed by atoms with Crippen LogP contribution in [0.2, 0.25) is 0 Å². The maximum atomic E-state index is 6.06. The molecular formula is C14H19N5S. The summed E-state index contributed by atoms with van der Waals surface area (Å²) in [5.41, 5.74) is 7.00. The van der Waals surface area contributed by atoms with Crippen LogP contribution in [0.5, 0.6) is 0 Å². The van der Waals surface area contributed by atoms with E-state index in [-0.39, 0.29) is 0 Å². The van der Waals surface area contributed by atoms with Gasteiger partial charge in [0.2, 0.25) is 0 Å². The number of hydrogen-bond acceptors (Lipinski definition) is 6. The maximum Gasteiger partial charge on any atom is 0.145 e. The summed E-state index contributed by atoms with van der Waals surface area (Å²) in [6.07, 6.45) is 2.06. The van der Waals surface area contributed by atoms with Crippen LogP contribution in [0.25, 0.3) is 10.9 Å². The molecule has 1 aliphatic rings. The number of nitrogens with two attached hydrogens (primary N) is 1. The third kappa shape index (κ3) is 2.87. The van der Waals surface area contributed by atoms with E-state index in [1.807, 2.05) is 6.07 Å². The number of fused-ring (bicyclic) bond motifs is 1. The topological polar surface area (TPSA) is 67.1 Å². The Balaban J connectivity index is 1.90. The summed E-state index contributed by atoms with van der Waals surface area (Å²) >= 11 is 1.71. The first-order chi connectivity index (χ1) is 9.76. The van der Waals surface area contributed by atoms with Crippen LogP contribution in [0.1, 0.15) is 5.82 Å². The molecule has 1 saturated heterocycles. The lowest BCUT2D eigenvalue weighted by Crippen LogP contribution is -2.43. The Labute approximate surface area is 123 Å². The lowest BCUT2D eigenvalue weighted by Gasteiger charge is -2.26. The normalized spacial score (nSPS) is 16.6. The zero-order valence-electron chi connectivity index (χ0n) is 11.6. The van der Waals surface area contributed by atoms with Crippen LogP contribution in [0.15, 0.2) is 23.1 Å². The quantitative estimate of drug-likeness (QED) is 0.831. The van der Waals surface area contributed by atoms with Crippen LogP contribution < -0.4 is 11.1 Å². The summed E-state index contributed by atoms with van der Waals surface area (Å²) in [5.74, 6) is 1.39. The highest BCUT2D eigenvalue weighted by Gasteiger charge is 2.13. The first-order valence-corrected chi connectivity index (χ1v) is 8.02. The van der Waals surface area contributed by atoms with Crippen LogP contribution in [-0.4, -0.2) is 47.3 Å². The molecular weight excluding hydrogens is 270 g/mol. The van der Waals surface area contributed by atoms with Crippen molar-refractivity contribution in [1.82, 2.24) is 20.2 Å². The molecule has 1 fully saturated rings. The van der Waals surface area contributed by atoms with Crippen LogP contribution in [0.3, 0.4) is 0 Å². The highest BCUT2D eigenvalue weighted by Crippen LogP contribution is 2.24. The molecule has 0 atom stereocenters. The fraction of sp³-hybridized carbons (Fsp3) is 0.429. The van der Waals surface area contributed by atoms with Crippen molar-refractivity contribution in [3.05, 3.63) is 24.0 Å². The van der Waals surface area contributed by atoms with E-state index < -0.39 is 0 Å². The van der Waals surface area contributed by atoms with Gasteiger partial charge in [-0.1, -0.05) is 0 Å². The highest BCUT2D eigenvalue weighted by atomic mass is 32.2. The Morgan fingerprint density at radius 1 is 1.30 bits per heavy atom. The molecule has 5 nitrogen and oxygen atoms in total. The van der Waals surface area contributed by atoms with Crippen molar-refractivity contribution in [1.29, 1.82) is 0 Å². The van der Waals surface area contributed by atoms with E-state index in [2.05, 4.69) is 38.6 Å². The lowest BCUT2D eigenvalue weighted by molar-refractivity contribution is 0.228. The molecule has 20 heavy (non-hydrogen) atoms. The third-order valence-corrected chi connectivity index (χ3v) is 4.28. The molecule has 0 bridgehead atoms. The van der Waals surface area contributed by atoms with Gasteiger partial charge in [0, 0.05) is 36.5 Å². The molecule has 106 valence electrons. The van der Waals surface area contributed by atoms with Crippen molar-refractivity contribution in [2.75, 3.05) is 38.2 Å². The van der Waals surface area contributed by atoms with Crippen molar-refractivity contribution < 1.29 is 0 Å². The smallest absolute Gasteiger partial charge is 0.145 e. The largest absolute Gasteiger partial charge is 0.383 e. The number of nitrogens with one attached hydrogen (secondary N) is 1. The molecule has 2 heterocycles. The summed E-state index contributed by atoms with van der Waals surface area (Å²) < 4.78 is 0. The Morgan fingerprint density at radius 2 is 2.10 bits per heavy atom. The van der Waals surface area contributed by atoms with E-state index in [0.29, 0.717) is 5.82 Å². The van der Waals surface area contributed by atoms with E-state index in [1.54, 1.807) is 11.8 Å². The molecule has 0 aliphatic carbocycles. The summed E-state index contributed by atoms with van der Waals surface area (Å²) in [7, 11) is 0. The summed E-state index contributed by atoms with van der Waals surface area (Å²) in [6.45, 7) is 4.89. The number of anilines is 1. The van der Waals surface area contributed by atoms with Crippen molar-refractivity contribution >= 4 is 28.5 Å². The van der Waals surface area contributed by atoms with E-state index >= 15 is 0 Å². The predicted molar refractivity (Wildman–Crippen MR) is 83.9 cm³/mol. The number of nitrogens with zero attached hydrogens (tertiary/aromatic N) is 3. The van der Waals surface area contributed by atoms with Gasteiger partial charge in [-0.05, 0) is 24.5 Å². The average molecular weight is 289 g/mol. The fourth-order valence-corrected chi connectivity index (χ4v) is 2.88. The van der Waals surface area contributed by atoms with Crippen LogP contribution in [0.4, 0.5) is 5.82 Å². The van der Waals surface area contributed by atoms with Gasteiger partial charge >= 0.3 is 0 Å². The SMILES string of the molecule is CSc1ccc2c(N)nc(CN3CCNCC3)nc2c1. The second-order valence-electron chi connectivity index (χ2n) is 4.93. The molecule has 1 aromatic carbocycles. The molecule has 0 radical (unpaired) electrons. The standard InChI is InChI=1S/C14H19N5S/c1-20-10-2-3-11-12(8-10)17-13(18-14(11)15)9-19-6-4-16-5-7-19/h2-3,8,16H,4-7,9H2,1H3,(H2,15,17,18). The van der Waals surface area contributed by atoms with Crippen LogP contribution >= 0.6 is 11.8 Å². The first kappa shape index (κ1) is 13.6. The number of rotatable bonds is 3. The van der Waals surface area contributed by atoms with Gasteiger partial charge in [-0.15, -0.1) is 11.8 Å². The van der Waals surface area contributed by atoms with E-state index in [1.165, 1.54) is 4.90 Å². The van der Waals surface area contributed by atoms with Crippen LogP contribution in [-0.2, 0) is 6.54 Å². The number of hydrogen-bond donors (Lipinski definition) is 2. The van der Waals surface area contributed by atoms with E-state index in [0.717, 1.165) is 49.5 Å². The number of nitrogen functional groups attached to an aromatic ring is 1. The van der Waals surface area contributed by atoms with Crippen molar-refractivity contribution in [3.8, 4) is 0 Å². The predicted octanol–water partition coefficient (Wildman–Crippen LogP) is 1.34. The minimum atomic E-state index is 0.577. The Bertz CT molecular complexity index is 610. The Morgan fingerprint density at radius 3 is 2.85 bits per heavy atom. The minimum absolute atomic E-state index is 0.577. The molecule has 1 aromatic heterocycles. The van der Waals surface area contributed by atoms with Gasteiger partial charge in [0.1, 0.15) is 11.6 Å². The molecule has 0 spiro atoms. The molecule has 3 N–H and O–H groups in total. The molecule has 2 aromatic rings. The zero-order chi connectivity index (χ0) is 13.9. The first-order valence-electron chi connectivity index (χ1n) is 6.79. The van der Waals surface area contributed by atoms with E-state index in [9.17, 15) is 0 Å². The highest BCUT2D eigenvalue weighted by molar-refractivity contribution is 7.98. The maximum absolute atomic E-state index is 6.06.